The number of carbonyl (C=O) groups excluding carboxylic acids is 1. The number of aliphatic hydroxyl groups excluding tert-OH is 1. The SMILES string of the molecule is CN(C(=O)Nc1cccc(-c2nccn2C)c1)C1CCC(CO)CC1. The molecule has 1 aliphatic carbocycles. The third-order valence-electron chi connectivity index (χ3n) is 5.14. The maximum atomic E-state index is 12.6. The summed E-state index contributed by atoms with van der Waals surface area (Å²) < 4.78 is 1.95. The van der Waals surface area contributed by atoms with Crippen LogP contribution in [-0.2, 0) is 7.05 Å². The van der Waals surface area contributed by atoms with Crippen LogP contribution in [0.3, 0.4) is 0 Å². The van der Waals surface area contributed by atoms with Crippen molar-refractivity contribution in [2.24, 2.45) is 13.0 Å². The molecule has 0 spiro atoms. The first-order valence-electron chi connectivity index (χ1n) is 8.81. The number of amides is 2. The van der Waals surface area contributed by atoms with E-state index >= 15 is 0 Å². The molecule has 1 aromatic carbocycles. The van der Waals surface area contributed by atoms with E-state index in [1.807, 2.05) is 49.1 Å². The van der Waals surface area contributed by atoms with Gasteiger partial charge in [-0.25, -0.2) is 9.78 Å². The number of nitrogens with one attached hydrogen (secondary N) is 1. The van der Waals surface area contributed by atoms with Crippen LogP contribution in [0.15, 0.2) is 36.7 Å². The molecule has 1 aromatic heterocycles. The highest BCUT2D eigenvalue weighted by Gasteiger charge is 2.26. The van der Waals surface area contributed by atoms with Gasteiger partial charge in [-0.2, -0.15) is 0 Å². The van der Waals surface area contributed by atoms with Gasteiger partial charge in [0, 0.05) is 50.4 Å². The van der Waals surface area contributed by atoms with Crippen molar-refractivity contribution < 1.29 is 9.90 Å². The van der Waals surface area contributed by atoms with Gasteiger partial charge in [0.1, 0.15) is 5.82 Å². The van der Waals surface area contributed by atoms with Crippen molar-refractivity contribution in [3.05, 3.63) is 36.7 Å². The van der Waals surface area contributed by atoms with Crippen molar-refractivity contribution >= 4 is 11.7 Å². The first kappa shape index (κ1) is 17.5. The Bertz CT molecular complexity index is 720. The minimum Gasteiger partial charge on any atom is -0.396 e. The number of aryl methyl sites for hydroxylation is 1. The third kappa shape index (κ3) is 4.02. The highest BCUT2D eigenvalue weighted by Crippen LogP contribution is 2.27. The van der Waals surface area contributed by atoms with Crippen LogP contribution in [0.4, 0.5) is 10.5 Å². The first-order valence-corrected chi connectivity index (χ1v) is 8.81. The molecule has 2 aromatic rings. The zero-order valence-electron chi connectivity index (χ0n) is 14.9. The number of anilines is 1. The number of rotatable bonds is 4. The molecule has 1 aliphatic rings. The average molecular weight is 342 g/mol. The van der Waals surface area contributed by atoms with Crippen molar-refractivity contribution in [3.63, 3.8) is 0 Å². The van der Waals surface area contributed by atoms with Crippen molar-refractivity contribution in [3.8, 4) is 11.4 Å². The Labute approximate surface area is 148 Å². The quantitative estimate of drug-likeness (QED) is 0.897. The Balaban J connectivity index is 1.64. The number of urea groups is 1. The first-order chi connectivity index (χ1) is 12.1. The lowest BCUT2D eigenvalue weighted by atomic mass is 9.86. The lowest BCUT2D eigenvalue weighted by molar-refractivity contribution is 0.139. The molecule has 25 heavy (non-hydrogen) atoms. The van der Waals surface area contributed by atoms with E-state index < -0.39 is 0 Å². The lowest BCUT2D eigenvalue weighted by Crippen LogP contribution is -2.42. The standard InChI is InChI=1S/C19H26N4O2/c1-22-11-10-20-18(22)15-4-3-5-16(12-15)21-19(25)23(2)17-8-6-14(13-24)7-9-17/h3-5,10-12,14,17,24H,6-9,13H2,1-2H3,(H,21,25). The van der Waals surface area contributed by atoms with Crippen LogP contribution in [0.25, 0.3) is 11.4 Å². The number of benzene rings is 1. The number of aliphatic hydroxyl groups is 1. The summed E-state index contributed by atoms with van der Waals surface area (Å²) in [5.74, 6) is 1.26. The Kier molecular flexibility index (Phi) is 5.38. The molecule has 6 heteroatoms. The molecule has 0 atom stereocenters. The summed E-state index contributed by atoms with van der Waals surface area (Å²) in [5.41, 5.74) is 1.73. The Morgan fingerprint density at radius 3 is 2.76 bits per heavy atom. The fourth-order valence-electron chi connectivity index (χ4n) is 3.47. The third-order valence-corrected chi connectivity index (χ3v) is 5.14. The minimum atomic E-state index is -0.0931. The number of hydrogen-bond donors (Lipinski definition) is 2. The number of hydrogen-bond acceptors (Lipinski definition) is 3. The maximum absolute atomic E-state index is 12.6. The molecule has 3 rings (SSSR count). The number of carbonyl (C=O) groups is 1. The molecule has 134 valence electrons. The Morgan fingerprint density at radius 1 is 1.36 bits per heavy atom. The molecule has 0 radical (unpaired) electrons. The highest BCUT2D eigenvalue weighted by molar-refractivity contribution is 5.90. The van der Waals surface area contributed by atoms with Crippen molar-refractivity contribution in [2.75, 3.05) is 19.0 Å². The van der Waals surface area contributed by atoms with Gasteiger partial charge < -0.3 is 19.9 Å². The van der Waals surface area contributed by atoms with Gasteiger partial charge in [0.05, 0.1) is 0 Å². The molecule has 0 aliphatic heterocycles. The van der Waals surface area contributed by atoms with E-state index in [4.69, 9.17) is 0 Å². The van der Waals surface area contributed by atoms with Crippen LogP contribution in [0.5, 0.6) is 0 Å². The molecule has 1 saturated carbocycles. The van der Waals surface area contributed by atoms with Crippen LogP contribution in [0.1, 0.15) is 25.7 Å². The zero-order valence-corrected chi connectivity index (χ0v) is 14.9. The average Bonchev–Trinajstić information content (AvgIpc) is 3.07. The Hall–Kier alpha value is -2.34. The Morgan fingerprint density at radius 2 is 2.12 bits per heavy atom. The molecule has 1 heterocycles. The fourth-order valence-corrected chi connectivity index (χ4v) is 3.47. The predicted molar refractivity (Wildman–Crippen MR) is 98.3 cm³/mol. The number of nitrogens with zero attached hydrogens (tertiary/aromatic N) is 3. The molecular formula is C19H26N4O2. The summed E-state index contributed by atoms with van der Waals surface area (Å²) in [6.07, 6.45) is 7.51. The van der Waals surface area contributed by atoms with Crippen LogP contribution in [0.2, 0.25) is 0 Å². The van der Waals surface area contributed by atoms with Crippen molar-refractivity contribution in [1.82, 2.24) is 14.5 Å². The van der Waals surface area contributed by atoms with E-state index in [0.29, 0.717) is 5.92 Å². The van der Waals surface area contributed by atoms with Crippen molar-refractivity contribution in [2.45, 2.75) is 31.7 Å². The second kappa shape index (κ2) is 7.70. The second-order valence-electron chi connectivity index (χ2n) is 6.84. The molecule has 0 unspecified atom stereocenters. The van der Waals surface area contributed by atoms with Crippen LogP contribution < -0.4 is 5.32 Å². The molecular weight excluding hydrogens is 316 g/mol. The van der Waals surface area contributed by atoms with Gasteiger partial charge in [0.2, 0.25) is 0 Å². The smallest absolute Gasteiger partial charge is 0.321 e. The molecule has 6 nitrogen and oxygen atoms in total. The maximum Gasteiger partial charge on any atom is 0.321 e. The normalized spacial score (nSPS) is 20.3. The van der Waals surface area contributed by atoms with E-state index in [1.54, 1.807) is 11.1 Å². The van der Waals surface area contributed by atoms with E-state index in [-0.39, 0.29) is 18.7 Å². The molecule has 2 N–H and O–H groups in total. The summed E-state index contributed by atoms with van der Waals surface area (Å²) in [7, 11) is 3.80. The summed E-state index contributed by atoms with van der Waals surface area (Å²) in [6.45, 7) is 0.253. The topological polar surface area (TPSA) is 70.4 Å². The molecule has 2 amide bonds. The van der Waals surface area contributed by atoms with Gasteiger partial charge in [0.15, 0.2) is 0 Å². The number of imidazole rings is 1. The van der Waals surface area contributed by atoms with Gasteiger partial charge in [-0.05, 0) is 43.7 Å². The van der Waals surface area contributed by atoms with Crippen LogP contribution in [-0.4, -0.2) is 45.3 Å². The summed E-state index contributed by atoms with van der Waals surface area (Å²) >= 11 is 0. The van der Waals surface area contributed by atoms with Gasteiger partial charge >= 0.3 is 6.03 Å². The monoisotopic (exact) mass is 342 g/mol. The highest BCUT2D eigenvalue weighted by atomic mass is 16.3. The fraction of sp³-hybridized carbons (Fsp3) is 0.474. The van der Waals surface area contributed by atoms with Crippen LogP contribution >= 0.6 is 0 Å². The zero-order chi connectivity index (χ0) is 17.8. The van der Waals surface area contributed by atoms with Gasteiger partial charge in [0.25, 0.3) is 0 Å². The van der Waals surface area contributed by atoms with Gasteiger partial charge in [-0.3, -0.25) is 0 Å². The summed E-state index contributed by atoms with van der Waals surface area (Å²) in [5, 5.41) is 12.2. The van der Waals surface area contributed by atoms with Crippen molar-refractivity contribution in [1.29, 1.82) is 0 Å². The molecule has 1 fully saturated rings. The van der Waals surface area contributed by atoms with E-state index in [1.165, 1.54) is 0 Å². The van der Waals surface area contributed by atoms with Gasteiger partial charge in [-0.15, -0.1) is 0 Å². The van der Waals surface area contributed by atoms with E-state index in [2.05, 4.69) is 10.3 Å². The van der Waals surface area contributed by atoms with Gasteiger partial charge in [-0.1, -0.05) is 12.1 Å². The minimum absolute atomic E-state index is 0.0931. The number of aromatic nitrogens is 2. The van der Waals surface area contributed by atoms with E-state index in [0.717, 1.165) is 42.8 Å². The summed E-state index contributed by atoms with van der Waals surface area (Å²) in [6, 6.07) is 7.88. The van der Waals surface area contributed by atoms with E-state index in [9.17, 15) is 9.90 Å². The largest absolute Gasteiger partial charge is 0.396 e. The lowest BCUT2D eigenvalue weighted by Gasteiger charge is -2.34. The van der Waals surface area contributed by atoms with Crippen LogP contribution in [0, 0.1) is 5.92 Å². The molecule has 0 bridgehead atoms. The molecule has 0 saturated heterocycles. The predicted octanol–water partition coefficient (Wildman–Crippen LogP) is 3.10. The second-order valence-corrected chi connectivity index (χ2v) is 6.84. The summed E-state index contributed by atoms with van der Waals surface area (Å²) in [4.78, 5) is 18.7.